The SMILES string of the molecule is NC(=O)C1CCC[NH+]([C@@H]2O[C@H](CO)[C@@H](O)[C@H]2O)C1. The highest BCUT2D eigenvalue weighted by Crippen LogP contribution is 2.18. The molecule has 2 rings (SSSR count). The van der Waals surface area contributed by atoms with Gasteiger partial charge in [0.05, 0.1) is 25.6 Å². The third-order valence-corrected chi connectivity index (χ3v) is 3.91. The van der Waals surface area contributed by atoms with Crippen LogP contribution >= 0.6 is 0 Å². The molecule has 2 fully saturated rings. The van der Waals surface area contributed by atoms with Crippen molar-refractivity contribution in [3.63, 3.8) is 0 Å². The molecule has 7 heteroatoms. The molecule has 0 aliphatic carbocycles. The Labute approximate surface area is 105 Å². The summed E-state index contributed by atoms with van der Waals surface area (Å²) in [7, 11) is 0. The van der Waals surface area contributed by atoms with Gasteiger partial charge in [0.25, 0.3) is 0 Å². The summed E-state index contributed by atoms with van der Waals surface area (Å²) < 4.78 is 5.46. The number of nitrogens with two attached hydrogens (primary N) is 1. The maximum atomic E-state index is 11.2. The van der Waals surface area contributed by atoms with Crippen molar-refractivity contribution in [2.24, 2.45) is 11.7 Å². The van der Waals surface area contributed by atoms with Crippen molar-refractivity contribution >= 4 is 5.91 Å². The van der Waals surface area contributed by atoms with E-state index in [1.807, 2.05) is 0 Å². The molecule has 2 heterocycles. The Bertz CT molecular complexity index is 314. The molecule has 0 aromatic rings. The van der Waals surface area contributed by atoms with Crippen LogP contribution in [0.4, 0.5) is 0 Å². The number of hydrogen-bond donors (Lipinski definition) is 5. The van der Waals surface area contributed by atoms with Gasteiger partial charge in [0.1, 0.15) is 12.2 Å². The first-order valence-corrected chi connectivity index (χ1v) is 6.31. The number of carbonyl (C=O) groups is 1. The largest absolute Gasteiger partial charge is 0.394 e. The van der Waals surface area contributed by atoms with E-state index in [4.69, 9.17) is 15.6 Å². The maximum absolute atomic E-state index is 11.2. The first kappa shape index (κ1) is 13.7. The Hall–Kier alpha value is -0.730. The summed E-state index contributed by atoms with van der Waals surface area (Å²) in [6.07, 6.45) is -1.89. The van der Waals surface area contributed by atoms with Crippen molar-refractivity contribution in [2.75, 3.05) is 19.7 Å². The number of amides is 1. The van der Waals surface area contributed by atoms with Gasteiger partial charge in [0, 0.05) is 0 Å². The van der Waals surface area contributed by atoms with E-state index < -0.39 is 24.5 Å². The van der Waals surface area contributed by atoms with Gasteiger partial charge in [-0.2, -0.15) is 0 Å². The molecule has 7 nitrogen and oxygen atoms in total. The molecule has 1 amide bonds. The predicted molar refractivity (Wildman–Crippen MR) is 60.4 cm³/mol. The van der Waals surface area contributed by atoms with Gasteiger partial charge in [-0.15, -0.1) is 0 Å². The van der Waals surface area contributed by atoms with Crippen LogP contribution in [0.2, 0.25) is 0 Å². The molecule has 6 atom stereocenters. The fourth-order valence-electron chi connectivity index (χ4n) is 2.83. The van der Waals surface area contributed by atoms with Crippen LogP contribution in [-0.2, 0) is 9.53 Å². The first-order valence-electron chi connectivity index (χ1n) is 6.31. The second kappa shape index (κ2) is 5.50. The number of nitrogens with one attached hydrogen (secondary N) is 1. The van der Waals surface area contributed by atoms with E-state index in [-0.39, 0.29) is 18.4 Å². The lowest BCUT2D eigenvalue weighted by atomic mass is 9.96. The van der Waals surface area contributed by atoms with Gasteiger partial charge < -0.3 is 30.7 Å². The average Bonchev–Trinajstić information content (AvgIpc) is 2.66. The van der Waals surface area contributed by atoms with Crippen LogP contribution < -0.4 is 10.6 Å². The zero-order valence-corrected chi connectivity index (χ0v) is 10.2. The minimum absolute atomic E-state index is 0.213. The highest BCUT2D eigenvalue weighted by molar-refractivity contribution is 5.76. The molecule has 6 N–H and O–H groups in total. The topological polar surface area (TPSA) is 117 Å². The second-order valence-corrected chi connectivity index (χ2v) is 5.11. The number of carbonyl (C=O) groups excluding carboxylic acids is 1. The fraction of sp³-hybridized carbons (Fsp3) is 0.909. The van der Waals surface area contributed by atoms with Crippen LogP contribution in [0.25, 0.3) is 0 Å². The van der Waals surface area contributed by atoms with Gasteiger partial charge in [-0.05, 0) is 12.8 Å². The Balaban J connectivity index is 2.01. The van der Waals surface area contributed by atoms with Crippen molar-refractivity contribution in [3.8, 4) is 0 Å². The molecule has 2 saturated heterocycles. The number of primary amides is 1. The lowest BCUT2D eigenvalue weighted by Gasteiger charge is -2.33. The summed E-state index contributed by atoms with van der Waals surface area (Å²) in [6, 6.07) is 0. The van der Waals surface area contributed by atoms with Crippen LogP contribution in [0.3, 0.4) is 0 Å². The summed E-state index contributed by atoms with van der Waals surface area (Å²) in [6.45, 7) is 0.930. The van der Waals surface area contributed by atoms with Crippen molar-refractivity contribution in [3.05, 3.63) is 0 Å². The third kappa shape index (κ3) is 2.50. The van der Waals surface area contributed by atoms with Gasteiger partial charge in [0.2, 0.25) is 12.1 Å². The Kier molecular flexibility index (Phi) is 4.18. The molecular formula is C11H21N2O5+. The Morgan fingerprint density at radius 1 is 1.39 bits per heavy atom. The molecular weight excluding hydrogens is 240 g/mol. The van der Waals surface area contributed by atoms with Crippen LogP contribution in [-0.4, -0.2) is 65.5 Å². The van der Waals surface area contributed by atoms with Gasteiger partial charge >= 0.3 is 0 Å². The van der Waals surface area contributed by atoms with E-state index in [1.165, 1.54) is 0 Å². The maximum Gasteiger partial charge on any atom is 0.226 e. The normalized spacial score (nSPS) is 45.1. The standard InChI is InChI=1S/C11H20N2O5/c12-10(17)6-2-1-3-13(4-6)11-9(16)8(15)7(5-14)18-11/h6-9,11,14-16H,1-5H2,(H2,12,17)/p+1/t6?,7-,8-,9-,11-/m1/s1. The molecule has 0 aromatic heterocycles. The highest BCUT2D eigenvalue weighted by Gasteiger charge is 2.49. The number of likely N-dealkylation sites (tertiary alicyclic amines) is 1. The molecule has 0 saturated carbocycles. The minimum atomic E-state index is -1.08. The van der Waals surface area contributed by atoms with Crippen molar-refractivity contribution < 1.29 is 29.8 Å². The third-order valence-electron chi connectivity index (χ3n) is 3.91. The number of piperidine rings is 1. The minimum Gasteiger partial charge on any atom is -0.394 e. The zero-order valence-electron chi connectivity index (χ0n) is 10.2. The average molecular weight is 261 g/mol. The lowest BCUT2D eigenvalue weighted by Crippen LogP contribution is -3.18. The van der Waals surface area contributed by atoms with E-state index in [0.29, 0.717) is 6.54 Å². The summed E-state index contributed by atoms with van der Waals surface area (Å²) >= 11 is 0. The van der Waals surface area contributed by atoms with Gasteiger partial charge in [0.15, 0.2) is 6.10 Å². The van der Waals surface area contributed by atoms with E-state index in [9.17, 15) is 15.0 Å². The van der Waals surface area contributed by atoms with E-state index in [0.717, 1.165) is 24.3 Å². The molecule has 0 aromatic carbocycles. The number of rotatable bonds is 3. The molecule has 0 spiro atoms. The van der Waals surface area contributed by atoms with Gasteiger partial charge in [-0.25, -0.2) is 0 Å². The fourth-order valence-corrected chi connectivity index (χ4v) is 2.83. The molecule has 18 heavy (non-hydrogen) atoms. The van der Waals surface area contributed by atoms with Crippen LogP contribution in [0, 0.1) is 5.92 Å². The van der Waals surface area contributed by atoms with E-state index >= 15 is 0 Å². The van der Waals surface area contributed by atoms with E-state index in [2.05, 4.69) is 0 Å². The smallest absolute Gasteiger partial charge is 0.226 e. The van der Waals surface area contributed by atoms with E-state index in [1.54, 1.807) is 0 Å². The quantitative estimate of drug-likeness (QED) is 0.357. The van der Waals surface area contributed by atoms with Crippen molar-refractivity contribution in [2.45, 2.75) is 37.4 Å². The Morgan fingerprint density at radius 3 is 2.67 bits per heavy atom. The molecule has 104 valence electrons. The molecule has 2 aliphatic heterocycles. The zero-order chi connectivity index (χ0) is 13.3. The first-order chi connectivity index (χ1) is 8.54. The van der Waals surface area contributed by atoms with Crippen molar-refractivity contribution in [1.82, 2.24) is 0 Å². The van der Waals surface area contributed by atoms with Gasteiger partial charge in [-0.1, -0.05) is 0 Å². The number of aliphatic hydroxyl groups is 3. The van der Waals surface area contributed by atoms with Crippen LogP contribution in [0.5, 0.6) is 0 Å². The molecule has 0 radical (unpaired) electrons. The van der Waals surface area contributed by atoms with Crippen LogP contribution in [0.1, 0.15) is 12.8 Å². The van der Waals surface area contributed by atoms with Crippen molar-refractivity contribution in [1.29, 1.82) is 0 Å². The monoisotopic (exact) mass is 261 g/mol. The molecule has 0 bridgehead atoms. The number of ether oxygens (including phenoxy) is 1. The van der Waals surface area contributed by atoms with Gasteiger partial charge in [-0.3, -0.25) is 4.79 Å². The summed E-state index contributed by atoms with van der Waals surface area (Å²) in [5.74, 6) is -0.547. The number of hydrogen-bond acceptors (Lipinski definition) is 5. The predicted octanol–water partition coefficient (Wildman–Crippen LogP) is -3.79. The Morgan fingerprint density at radius 2 is 2.11 bits per heavy atom. The summed E-state index contributed by atoms with van der Waals surface area (Å²) in [5.41, 5.74) is 5.30. The number of quaternary nitrogens is 1. The highest BCUT2D eigenvalue weighted by atomic mass is 16.6. The summed E-state index contributed by atoms with van der Waals surface area (Å²) in [4.78, 5) is 12.1. The number of aliphatic hydroxyl groups excluding tert-OH is 3. The molecule has 2 unspecified atom stereocenters. The lowest BCUT2D eigenvalue weighted by molar-refractivity contribution is -0.956. The molecule has 2 aliphatic rings. The summed E-state index contributed by atoms with van der Waals surface area (Å²) in [5, 5.41) is 28.6. The van der Waals surface area contributed by atoms with Crippen LogP contribution in [0.15, 0.2) is 0 Å². The second-order valence-electron chi connectivity index (χ2n) is 5.11.